The van der Waals surface area contributed by atoms with Crippen molar-refractivity contribution >= 4 is 8.80 Å². The molecule has 0 saturated heterocycles. The van der Waals surface area contributed by atoms with Crippen LogP contribution >= 0.6 is 0 Å². The van der Waals surface area contributed by atoms with Crippen LogP contribution in [-0.2, 0) is 13.3 Å². The molecule has 0 bridgehead atoms. The van der Waals surface area contributed by atoms with Gasteiger partial charge in [0.15, 0.2) is 0 Å². The van der Waals surface area contributed by atoms with Gasteiger partial charge in [0.25, 0.3) is 0 Å². The number of hydrogen-bond acceptors (Lipinski definition) is 3. The highest BCUT2D eigenvalue weighted by molar-refractivity contribution is 6.60. The summed E-state index contributed by atoms with van der Waals surface area (Å²) in [6.45, 7) is 13.1. The van der Waals surface area contributed by atoms with Crippen molar-refractivity contribution in [3.05, 3.63) is 6.92 Å². The van der Waals surface area contributed by atoms with E-state index in [1.807, 2.05) is 0 Å². The van der Waals surface area contributed by atoms with Gasteiger partial charge < -0.3 is 13.3 Å². The Hall–Kier alpha value is 0.0969. The van der Waals surface area contributed by atoms with Crippen molar-refractivity contribution in [1.29, 1.82) is 0 Å². The molecule has 0 heterocycles. The summed E-state index contributed by atoms with van der Waals surface area (Å²) < 4.78 is 18.9. The maximum absolute atomic E-state index is 6.28. The number of rotatable bonds is 20. The summed E-state index contributed by atoms with van der Waals surface area (Å²) in [5.41, 5.74) is 0. The zero-order valence-corrected chi connectivity index (χ0v) is 18.5. The maximum Gasteiger partial charge on any atom is 0.500 e. The van der Waals surface area contributed by atoms with Gasteiger partial charge in [-0.25, -0.2) is 0 Å². The monoisotopic (exact) mass is 373 g/mol. The third kappa shape index (κ3) is 14.9. The third-order valence-electron chi connectivity index (χ3n) is 4.44. The molecular weight excluding hydrogens is 328 g/mol. The summed E-state index contributed by atoms with van der Waals surface area (Å²) >= 11 is 0. The lowest BCUT2D eigenvalue weighted by molar-refractivity contribution is 0.0555. The molecule has 0 saturated carbocycles. The van der Waals surface area contributed by atoms with Crippen molar-refractivity contribution in [2.24, 2.45) is 0 Å². The molecule has 0 aromatic heterocycles. The largest absolute Gasteiger partial charge is 0.500 e. The second-order valence-electron chi connectivity index (χ2n) is 7.01. The molecule has 0 rings (SSSR count). The summed E-state index contributed by atoms with van der Waals surface area (Å²) in [5.74, 6) is 0. The predicted octanol–water partition coefficient (Wildman–Crippen LogP) is 6.94. The fourth-order valence-corrected chi connectivity index (χ4v) is 5.31. The van der Waals surface area contributed by atoms with Crippen LogP contribution in [0.3, 0.4) is 0 Å². The molecule has 0 amide bonds. The second-order valence-corrected chi connectivity index (χ2v) is 9.75. The molecule has 3 nitrogen and oxygen atoms in total. The van der Waals surface area contributed by atoms with Crippen LogP contribution < -0.4 is 0 Å². The van der Waals surface area contributed by atoms with E-state index in [0.29, 0.717) is 0 Å². The number of hydrogen-bond donors (Lipinski definition) is 0. The quantitative estimate of drug-likeness (QED) is 0.171. The summed E-state index contributed by atoms with van der Waals surface area (Å²) in [6, 6.07) is 0.850. The minimum atomic E-state index is -2.54. The van der Waals surface area contributed by atoms with Crippen molar-refractivity contribution in [2.75, 3.05) is 19.8 Å². The van der Waals surface area contributed by atoms with Gasteiger partial charge in [0, 0.05) is 25.9 Å². The van der Waals surface area contributed by atoms with E-state index in [1.54, 1.807) is 0 Å². The standard InChI is InChI=1S/C21H45O3Si/c1-5-9-12-15-18-22-25(21-8-4,23-19-16-13-10-6-2)24-20-17-14-11-7-3/h4-21H2,1-3H3. The van der Waals surface area contributed by atoms with Crippen LogP contribution in [0.5, 0.6) is 0 Å². The first kappa shape index (κ1) is 25.1. The first-order valence-corrected chi connectivity index (χ1v) is 12.9. The normalized spacial score (nSPS) is 12.0. The van der Waals surface area contributed by atoms with Crippen LogP contribution in [0.2, 0.25) is 6.04 Å². The van der Waals surface area contributed by atoms with Gasteiger partial charge in [0.05, 0.1) is 0 Å². The highest BCUT2D eigenvalue weighted by atomic mass is 28.4. The zero-order valence-electron chi connectivity index (χ0n) is 17.5. The van der Waals surface area contributed by atoms with E-state index in [2.05, 4.69) is 27.7 Å². The Labute approximate surface area is 159 Å². The van der Waals surface area contributed by atoms with Gasteiger partial charge in [-0.15, -0.1) is 0 Å². The lowest BCUT2D eigenvalue weighted by Gasteiger charge is -2.30. The Morgan fingerprint density at radius 3 is 1.20 bits per heavy atom. The van der Waals surface area contributed by atoms with Crippen LogP contribution in [0.4, 0.5) is 0 Å². The molecule has 25 heavy (non-hydrogen) atoms. The fraction of sp³-hybridized carbons (Fsp3) is 0.952. The minimum absolute atomic E-state index is 0.774. The van der Waals surface area contributed by atoms with Crippen LogP contribution in [0.15, 0.2) is 0 Å². The topological polar surface area (TPSA) is 27.7 Å². The van der Waals surface area contributed by atoms with Gasteiger partial charge in [0.1, 0.15) is 0 Å². The summed E-state index contributed by atoms with van der Waals surface area (Å²) in [4.78, 5) is 0. The van der Waals surface area contributed by atoms with Crippen molar-refractivity contribution in [3.63, 3.8) is 0 Å². The molecule has 4 heteroatoms. The van der Waals surface area contributed by atoms with Crippen molar-refractivity contribution in [1.82, 2.24) is 0 Å². The molecular formula is C21H45O3Si. The van der Waals surface area contributed by atoms with Gasteiger partial charge in [-0.3, -0.25) is 0 Å². The predicted molar refractivity (Wildman–Crippen MR) is 111 cm³/mol. The molecule has 0 fully saturated rings. The van der Waals surface area contributed by atoms with E-state index in [9.17, 15) is 0 Å². The third-order valence-corrected chi connectivity index (χ3v) is 7.34. The molecule has 0 aromatic rings. The zero-order chi connectivity index (χ0) is 18.6. The average Bonchev–Trinajstić information content (AvgIpc) is 2.61. The molecule has 0 aromatic carbocycles. The van der Waals surface area contributed by atoms with E-state index < -0.39 is 8.80 Å². The fourth-order valence-electron chi connectivity index (χ4n) is 2.83. The smallest absolute Gasteiger partial charge is 0.373 e. The van der Waals surface area contributed by atoms with Crippen molar-refractivity contribution < 1.29 is 13.3 Å². The summed E-state index contributed by atoms with van der Waals surface area (Å²) in [5, 5.41) is 0. The molecule has 0 atom stereocenters. The van der Waals surface area contributed by atoms with E-state index in [0.717, 1.165) is 51.5 Å². The van der Waals surface area contributed by atoms with Gasteiger partial charge in [0.2, 0.25) is 0 Å². The molecule has 1 radical (unpaired) electrons. The molecule has 0 unspecified atom stereocenters. The van der Waals surface area contributed by atoms with Gasteiger partial charge in [-0.1, -0.05) is 85.5 Å². The first-order chi connectivity index (χ1) is 12.2. The molecule has 0 N–H and O–H groups in total. The highest BCUT2D eigenvalue weighted by Crippen LogP contribution is 2.20. The highest BCUT2D eigenvalue weighted by Gasteiger charge is 2.40. The Balaban J connectivity index is 4.40. The van der Waals surface area contributed by atoms with E-state index in [1.165, 1.54) is 57.8 Å². The Morgan fingerprint density at radius 1 is 0.560 bits per heavy atom. The van der Waals surface area contributed by atoms with Gasteiger partial charge >= 0.3 is 8.80 Å². The molecule has 0 aliphatic rings. The number of unbranched alkanes of at least 4 members (excludes halogenated alkanes) is 9. The second kappa shape index (κ2) is 18.9. The molecule has 0 aliphatic carbocycles. The molecule has 0 spiro atoms. The molecule has 151 valence electrons. The van der Waals surface area contributed by atoms with Crippen LogP contribution in [0.1, 0.15) is 104 Å². The average molecular weight is 374 g/mol. The molecule has 0 aliphatic heterocycles. The minimum Gasteiger partial charge on any atom is -0.373 e. The van der Waals surface area contributed by atoms with Crippen LogP contribution in [-0.4, -0.2) is 28.6 Å². The SMILES string of the molecule is [CH2]CC[Si](OCCCCCC)(OCCCCCC)OCCCCCC. The Bertz CT molecular complexity index is 225. The van der Waals surface area contributed by atoms with E-state index in [-0.39, 0.29) is 0 Å². The first-order valence-electron chi connectivity index (χ1n) is 11.0. The van der Waals surface area contributed by atoms with Crippen LogP contribution in [0.25, 0.3) is 0 Å². The Morgan fingerprint density at radius 2 is 0.920 bits per heavy atom. The Kier molecular flexibility index (Phi) is 18.9. The van der Waals surface area contributed by atoms with Crippen molar-refractivity contribution in [2.45, 2.75) is 110 Å². The summed E-state index contributed by atoms with van der Waals surface area (Å²) in [6.07, 6.45) is 15.5. The lowest BCUT2D eigenvalue weighted by Crippen LogP contribution is -2.46. The van der Waals surface area contributed by atoms with Gasteiger partial charge in [-0.05, 0) is 25.7 Å². The lowest BCUT2D eigenvalue weighted by atomic mass is 10.2. The van der Waals surface area contributed by atoms with Crippen molar-refractivity contribution in [3.8, 4) is 0 Å². The van der Waals surface area contributed by atoms with E-state index in [4.69, 9.17) is 13.3 Å². The van der Waals surface area contributed by atoms with Crippen LogP contribution in [0, 0.1) is 6.92 Å². The summed E-state index contributed by atoms with van der Waals surface area (Å²) in [7, 11) is -2.54. The maximum atomic E-state index is 6.28. The van der Waals surface area contributed by atoms with Gasteiger partial charge in [-0.2, -0.15) is 0 Å². The van der Waals surface area contributed by atoms with E-state index >= 15 is 0 Å².